The molecule has 1 aromatic heterocycles. The number of rotatable bonds is 3. The van der Waals surface area contributed by atoms with Gasteiger partial charge in [-0.05, 0) is 24.6 Å². The van der Waals surface area contributed by atoms with E-state index >= 15 is 0 Å². The second-order valence-corrected chi connectivity index (χ2v) is 5.72. The van der Waals surface area contributed by atoms with Crippen LogP contribution in [0.15, 0.2) is 28.7 Å². The average molecular weight is 352 g/mol. The maximum atomic E-state index is 12.4. The first-order chi connectivity index (χ1) is 8.86. The zero-order valence-corrected chi connectivity index (χ0v) is 12.1. The van der Waals surface area contributed by atoms with E-state index in [0.29, 0.717) is 11.3 Å². The van der Waals surface area contributed by atoms with E-state index in [1.165, 1.54) is 0 Å². The largest absolute Gasteiger partial charge is 0.445 e. The Balaban J connectivity index is 2.08. The van der Waals surface area contributed by atoms with Crippen LogP contribution in [0.5, 0.6) is 0 Å². The van der Waals surface area contributed by atoms with Crippen LogP contribution in [0.3, 0.4) is 0 Å². The van der Waals surface area contributed by atoms with E-state index in [9.17, 15) is 13.2 Å². The molecule has 0 fully saturated rings. The molecular weight excluding hydrogens is 343 g/mol. The van der Waals surface area contributed by atoms with Crippen molar-refractivity contribution < 1.29 is 13.2 Å². The monoisotopic (exact) mass is 351 g/mol. The van der Waals surface area contributed by atoms with Gasteiger partial charge in [0.1, 0.15) is 0 Å². The molecule has 0 saturated heterocycles. The fraction of sp³-hybridized carbons (Fsp3) is 0.273. The number of hydrogen-bond acceptors (Lipinski definition) is 4. The van der Waals surface area contributed by atoms with Crippen molar-refractivity contribution >= 4 is 32.4 Å². The third-order valence-electron chi connectivity index (χ3n) is 2.38. The first-order valence-electron chi connectivity index (χ1n) is 5.29. The number of halogens is 4. The lowest BCUT2D eigenvalue weighted by Gasteiger charge is -2.12. The number of hydrogen-bond donors (Lipinski definition) is 1. The molecule has 0 radical (unpaired) electrons. The fourth-order valence-electron chi connectivity index (χ4n) is 1.42. The summed E-state index contributed by atoms with van der Waals surface area (Å²) in [5, 5.41) is 8.72. The number of benzene rings is 1. The van der Waals surface area contributed by atoms with Gasteiger partial charge in [-0.2, -0.15) is 13.2 Å². The first kappa shape index (κ1) is 14.3. The first-order valence-corrected chi connectivity index (χ1v) is 6.90. The highest BCUT2D eigenvalue weighted by molar-refractivity contribution is 9.10. The molecule has 0 aliphatic carbocycles. The second kappa shape index (κ2) is 5.46. The molecule has 19 heavy (non-hydrogen) atoms. The SMILES string of the molecule is CC(Nc1nnc(C(F)(F)F)s1)c1ccc(Br)cc1. The van der Waals surface area contributed by atoms with Crippen molar-refractivity contribution in [2.45, 2.75) is 19.1 Å². The highest BCUT2D eigenvalue weighted by Gasteiger charge is 2.35. The van der Waals surface area contributed by atoms with Crippen molar-refractivity contribution in [3.63, 3.8) is 0 Å². The van der Waals surface area contributed by atoms with Gasteiger partial charge < -0.3 is 5.32 Å². The van der Waals surface area contributed by atoms with E-state index in [1.54, 1.807) is 0 Å². The van der Waals surface area contributed by atoms with Crippen LogP contribution in [0.2, 0.25) is 0 Å². The molecule has 102 valence electrons. The third-order valence-corrected chi connectivity index (χ3v) is 3.81. The highest BCUT2D eigenvalue weighted by Crippen LogP contribution is 2.34. The van der Waals surface area contributed by atoms with Crippen LogP contribution in [-0.4, -0.2) is 10.2 Å². The van der Waals surface area contributed by atoms with Gasteiger partial charge in [0, 0.05) is 4.47 Å². The molecule has 1 heterocycles. The zero-order chi connectivity index (χ0) is 14.0. The average Bonchev–Trinajstić information content (AvgIpc) is 2.78. The van der Waals surface area contributed by atoms with Crippen molar-refractivity contribution in [3.8, 4) is 0 Å². The van der Waals surface area contributed by atoms with Crippen LogP contribution >= 0.6 is 27.3 Å². The molecule has 0 saturated carbocycles. The van der Waals surface area contributed by atoms with Crippen LogP contribution in [0.25, 0.3) is 0 Å². The molecule has 2 rings (SSSR count). The van der Waals surface area contributed by atoms with Gasteiger partial charge in [0.25, 0.3) is 0 Å². The molecule has 1 N–H and O–H groups in total. The van der Waals surface area contributed by atoms with Crippen LogP contribution in [0.1, 0.15) is 23.5 Å². The van der Waals surface area contributed by atoms with Gasteiger partial charge >= 0.3 is 6.18 Å². The van der Waals surface area contributed by atoms with E-state index in [2.05, 4.69) is 31.4 Å². The summed E-state index contributed by atoms with van der Waals surface area (Å²) in [5.74, 6) is 0. The summed E-state index contributed by atoms with van der Waals surface area (Å²) in [6, 6.07) is 7.35. The second-order valence-electron chi connectivity index (χ2n) is 3.83. The number of nitrogens with one attached hydrogen (secondary N) is 1. The summed E-state index contributed by atoms with van der Waals surface area (Å²) in [7, 11) is 0. The number of anilines is 1. The van der Waals surface area contributed by atoms with Gasteiger partial charge in [-0.15, -0.1) is 10.2 Å². The minimum absolute atomic E-state index is 0.151. The van der Waals surface area contributed by atoms with E-state index in [1.807, 2.05) is 31.2 Å². The molecule has 0 aliphatic rings. The fourth-order valence-corrected chi connectivity index (χ4v) is 2.38. The van der Waals surface area contributed by atoms with Gasteiger partial charge in [0.15, 0.2) is 0 Å². The zero-order valence-electron chi connectivity index (χ0n) is 9.70. The molecule has 1 aromatic carbocycles. The van der Waals surface area contributed by atoms with Gasteiger partial charge in [-0.1, -0.05) is 39.4 Å². The summed E-state index contributed by atoms with van der Waals surface area (Å²) < 4.78 is 38.1. The molecule has 2 aromatic rings. The Bertz CT molecular complexity index is 553. The Hall–Kier alpha value is -1.15. The summed E-state index contributed by atoms with van der Waals surface area (Å²) >= 11 is 3.82. The van der Waals surface area contributed by atoms with Gasteiger partial charge in [0.05, 0.1) is 6.04 Å². The predicted octanol–water partition coefficient (Wildman–Crippen LogP) is 4.49. The Morgan fingerprint density at radius 2 is 1.84 bits per heavy atom. The van der Waals surface area contributed by atoms with Crippen molar-refractivity contribution in [1.29, 1.82) is 0 Å². The molecule has 8 heteroatoms. The lowest BCUT2D eigenvalue weighted by atomic mass is 10.1. The molecular formula is C11H9BrF3N3S. The summed E-state index contributed by atoms with van der Waals surface area (Å²) in [6.45, 7) is 1.85. The standard InChI is InChI=1S/C11H9BrF3N3S/c1-6(7-2-4-8(12)5-3-7)16-10-18-17-9(19-10)11(13,14)15/h2-6H,1H3,(H,16,18). The molecule has 0 amide bonds. The Labute approximate surface area is 120 Å². The Morgan fingerprint density at radius 3 is 2.37 bits per heavy atom. The number of nitrogens with zero attached hydrogens (tertiary/aromatic N) is 2. The van der Waals surface area contributed by atoms with E-state index in [0.717, 1.165) is 10.0 Å². The smallest absolute Gasteiger partial charge is 0.354 e. The summed E-state index contributed by atoms with van der Waals surface area (Å²) in [5.41, 5.74) is 0.951. The molecule has 0 spiro atoms. The van der Waals surface area contributed by atoms with Gasteiger partial charge in [0.2, 0.25) is 10.1 Å². The summed E-state index contributed by atoms with van der Waals surface area (Å²) in [4.78, 5) is 0. The maximum absolute atomic E-state index is 12.4. The normalized spacial score (nSPS) is 13.3. The molecule has 0 bridgehead atoms. The van der Waals surface area contributed by atoms with Crippen molar-refractivity contribution in [1.82, 2.24) is 10.2 Å². The topological polar surface area (TPSA) is 37.8 Å². The third kappa shape index (κ3) is 3.66. The van der Waals surface area contributed by atoms with Gasteiger partial charge in [-0.3, -0.25) is 0 Å². The van der Waals surface area contributed by atoms with Gasteiger partial charge in [-0.25, -0.2) is 0 Å². The van der Waals surface area contributed by atoms with Crippen molar-refractivity contribution in [2.75, 3.05) is 5.32 Å². The quantitative estimate of drug-likeness (QED) is 0.884. The van der Waals surface area contributed by atoms with E-state index in [4.69, 9.17) is 0 Å². The Kier molecular flexibility index (Phi) is 4.10. The molecule has 1 unspecified atom stereocenters. The van der Waals surface area contributed by atoms with Crippen LogP contribution in [0, 0.1) is 0 Å². The predicted molar refractivity (Wildman–Crippen MR) is 71.1 cm³/mol. The molecule has 1 atom stereocenters. The van der Waals surface area contributed by atoms with Crippen molar-refractivity contribution in [3.05, 3.63) is 39.3 Å². The minimum atomic E-state index is -4.45. The number of alkyl halides is 3. The highest BCUT2D eigenvalue weighted by atomic mass is 79.9. The maximum Gasteiger partial charge on any atom is 0.445 e. The van der Waals surface area contributed by atoms with Crippen LogP contribution in [-0.2, 0) is 6.18 Å². The van der Waals surface area contributed by atoms with E-state index in [-0.39, 0.29) is 11.2 Å². The Morgan fingerprint density at radius 1 is 1.21 bits per heavy atom. The molecule has 0 aliphatic heterocycles. The molecule has 3 nitrogen and oxygen atoms in total. The lowest BCUT2D eigenvalue weighted by molar-refractivity contribution is -0.138. The van der Waals surface area contributed by atoms with E-state index < -0.39 is 11.2 Å². The lowest BCUT2D eigenvalue weighted by Crippen LogP contribution is -2.06. The van der Waals surface area contributed by atoms with Crippen LogP contribution in [0.4, 0.5) is 18.3 Å². The minimum Gasteiger partial charge on any atom is -0.354 e. The van der Waals surface area contributed by atoms with Crippen LogP contribution < -0.4 is 5.32 Å². The number of aromatic nitrogens is 2. The van der Waals surface area contributed by atoms with Crippen molar-refractivity contribution in [2.24, 2.45) is 0 Å². The summed E-state index contributed by atoms with van der Waals surface area (Å²) in [6.07, 6.45) is -4.45.